The second-order valence-corrected chi connectivity index (χ2v) is 8.41. The number of aromatic nitrogens is 2. The minimum atomic E-state index is -0.977. The number of carbonyl (C=O) groups excluding carboxylic acids is 2. The highest BCUT2D eigenvalue weighted by Crippen LogP contribution is 2.46. The van der Waals surface area contributed by atoms with Crippen molar-refractivity contribution in [1.29, 1.82) is 0 Å². The molecule has 31 heavy (non-hydrogen) atoms. The molecule has 0 bridgehead atoms. The zero-order valence-electron chi connectivity index (χ0n) is 16.7. The molecule has 1 saturated heterocycles. The molecule has 2 N–H and O–H groups in total. The van der Waals surface area contributed by atoms with Crippen molar-refractivity contribution in [2.45, 2.75) is 17.1 Å². The molecular formula is C19H21ClN6O4S. The third-order valence-corrected chi connectivity index (χ3v) is 6.24. The molecule has 2 aromatic rings. The fourth-order valence-electron chi connectivity index (χ4n) is 3.48. The Labute approximate surface area is 188 Å². The summed E-state index contributed by atoms with van der Waals surface area (Å²) in [5.41, 5.74) is 5.97. The predicted molar refractivity (Wildman–Crippen MR) is 115 cm³/mol. The molecule has 1 fully saturated rings. The maximum atomic E-state index is 12.7. The Kier molecular flexibility index (Phi) is 6.35. The van der Waals surface area contributed by atoms with Gasteiger partial charge in [-0.2, -0.15) is 4.98 Å². The van der Waals surface area contributed by atoms with Crippen LogP contribution in [0.25, 0.3) is 0 Å². The number of ether oxygens (including phenoxy) is 2. The van der Waals surface area contributed by atoms with Gasteiger partial charge in [0.1, 0.15) is 17.0 Å². The smallest absolute Gasteiger partial charge is 0.412 e. The molecule has 2 aliphatic heterocycles. The summed E-state index contributed by atoms with van der Waals surface area (Å²) in [7, 11) is 1.43. The normalized spacial score (nSPS) is 18.6. The molecular weight excluding hydrogens is 444 g/mol. The van der Waals surface area contributed by atoms with Crippen molar-refractivity contribution in [3.63, 3.8) is 0 Å². The van der Waals surface area contributed by atoms with Crippen molar-refractivity contribution in [1.82, 2.24) is 19.8 Å². The number of nitrogens with two attached hydrogens (primary N) is 1. The van der Waals surface area contributed by atoms with Crippen molar-refractivity contribution in [2.24, 2.45) is 5.73 Å². The lowest BCUT2D eigenvalue weighted by Crippen LogP contribution is -2.50. The van der Waals surface area contributed by atoms with Crippen LogP contribution in [0.2, 0.25) is 5.02 Å². The first kappa shape index (κ1) is 21.5. The van der Waals surface area contributed by atoms with Crippen LogP contribution in [0.5, 0.6) is 5.88 Å². The van der Waals surface area contributed by atoms with Gasteiger partial charge in [-0.3, -0.25) is 4.90 Å². The van der Waals surface area contributed by atoms with Gasteiger partial charge in [0.25, 0.3) is 0 Å². The van der Waals surface area contributed by atoms with Gasteiger partial charge in [0.2, 0.25) is 11.4 Å². The second kappa shape index (κ2) is 9.16. The minimum Gasteiger partial charge on any atom is -0.479 e. The topological polar surface area (TPSA) is 114 Å². The van der Waals surface area contributed by atoms with Crippen LogP contribution in [0.3, 0.4) is 0 Å². The van der Waals surface area contributed by atoms with E-state index in [0.717, 1.165) is 28.8 Å². The Morgan fingerprint density at radius 2 is 2.03 bits per heavy atom. The van der Waals surface area contributed by atoms with Crippen LogP contribution >= 0.6 is 23.4 Å². The van der Waals surface area contributed by atoms with Gasteiger partial charge in [-0.25, -0.2) is 19.5 Å². The third kappa shape index (κ3) is 4.63. The predicted octanol–water partition coefficient (Wildman–Crippen LogP) is 2.37. The molecule has 2 aliphatic rings. The maximum Gasteiger partial charge on any atom is 0.412 e. The number of anilines is 1. The summed E-state index contributed by atoms with van der Waals surface area (Å²) in [6, 6.07) is 6.94. The summed E-state index contributed by atoms with van der Waals surface area (Å²) in [5, 5.41) is 1.16. The Morgan fingerprint density at radius 1 is 1.26 bits per heavy atom. The average Bonchev–Trinajstić information content (AvgIpc) is 3.12. The molecule has 1 aromatic carbocycles. The molecule has 1 unspecified atom stereocenters. The number of amides is 3. The summed E-state index contributed by atoms with van der Waals surface area (Å²) < 4.78 is 10.8. The molecule has 3 heterocycles. The molecule has 0 saturated carbocycles. The highest BCUT2D eigenvalue weighted by molar-refractivity contribution is 8.00. The number of primary amides is 1. The fourth-order valence-corrected chi connectivity index (χ4v) is 4.73. The number of halogens is 1. The van der Waals surface area contributed by atoms with E-state index in [-0.39, 0.29) is 5.88 Å². The van der Waals surface area contributed by atoms with E-state index in [1.54, 1.807) is 4.90 Å². The van der Waals surface area contributed by atoms with E-state index >= 15 is 0 Å². The van der Waals surface area contributed by atoms with E-state index in [1.807, 2.05) is 24.3 Å². The summed E-state index contributed by atoms with van der Waals surface area (Å²) in [6.07, 6.45) is 0.790. The Morgan fingerprint density at radius 3 is 2.71 bits per heavy atom. The summed E-state index contributed by atoms with van der Waals surface area (Å²) in [4.78, 5) is 37.9. The number of benzene rings is 1. The molecule has 164 valence electrons. The summed E-state index contributed by atoms with van der Waals surface area (Å²) in [6.45, 7) is 3.15. The van der Waals surface area contributed by atoms with E-state index in [0.29, 0.717) is 41.9 Å². The first-order valence-corrected chi connectivity index (χ1v) is 10.8. The molecule has 3 amide bonds. The van der Waals surface area contributed by atoms with Crippen molar-refractivity contribution in [3.8, 4) is 5.88 Å². The van der Waals surface area contributed by atoms with Crippen LogP contribution in [0.1, 0.15) is 5.56 Å². The van der Waals surface area contributed by atoms with E-state index in [2.05, 4.69) is 14.9 Å². The van der Waals surface area contributed by atoms with Gasteiger partial charge in [0.15, 0.2) is 0 Å². The number of fused-ring (bicyclic) bond motifs is 1. The Bertz CT molecular complexity index is 988. The molecule has 12 heteroatoms. The summed E-state index contributed by atoms with van der Waals surface area (Å²) in [5.74, 6) is 0.185. The number of methoxy groups -OCH3 is 1. The second-order valence-electron chi connectivity index (χ2n) is 6.95. The number of nitrogens with zero attached hydrogens (tertiary/aromatic N) is 5. The average molecular weight is 465 g/mol. The molecule has 0 radical (unpaired) electrons. The first-order valence-electron chi connectivity index (χ1n) is 9.53. The number of hydrogen-bond acceptors (Lipinski definition) is 8. The number of piperazine rings is 1. The van der Waals surface area contributed by atoms with Crippen LogP contribution in [0.4, 0.5) is 15.3 Å². The molecule has 4 rings (SSSR count). The van der Waals surface area contributed by atoms with Crippen LogP contribution < -0.4 is 15.4 Å². The number of carbonyl (C=O) groups is 2. The Hall–Kier alpha value is -2.76. The minimum absolute atomic E-state index is 0.185. The molecule has 1 atom stereocenters. The van der Waals surface area contributed by atoms with Gasteiger partial charge in [-0.15, -0.1) is 0 Å². The van der Waals surface area contributed by atoms with E-state index in [1.165, 1.54) is 13.4 Å². The monoisotopic (exact) mass is 464 g/mol. The largest absolute Gasteiger partial charge is 0.479 e. The lowest BCUT2D eigenvalue weighted by Gasteiger charge is -2.35. The zero-order chi connectivity index (χ0) is 22.0. The Balaban J connectivity index is 1.36. The maximum absolute atomic E-state index is 12.7. The van der Waals surface area contributed by atoms with Crippen LogP contribution in [0.15, 0.2) is 35.6 Å². The number of hydrogen-bond donors (Lipinski definition) is 1. The quantitative estimate of drug-likeness (QED) is 0.686. The highest BCUT2D eigenvalue weighted by atomic mass is 35.5. The zero-order valence-corrected chi connectivity index (χ0v) is 18.3. The van der Waals surface area contributed by atoms with Crippen LogP contribution in [0, 0.1) is 0 Å². The molecule has 10 nitrogen and oxygen atoms in total. The first-order chi connectivity index (χ1) is 15.0. The lowest BCUT2D eigenvalue weighted by molar-refractivity contribution is 0.0690. The lowest BCUT2D eigenvalue weighted by atomic mass is 10.2. The van der Waals surface area contributed by atoms with Crippen molar-refractivity contribution >= 4 is 41.2 Å². The molecule has 0 spiro atoms. The number of rotatable bonds is 4. The van der Waals surface area contributed by atoms with Crippen molar-refractivity contribution in [3.05, 3.63) is 41.2 Å². The molecule has 0 aliphatic carbocycles. The van der Waals surface area contributed by atoms with Gasteiger partial charge in [-0.1, -0.05) is 23.7 Å². The van der Waals surface area contributed by atoms with Crippen LogP contribution in [-0.4, -0.2) is 70.7 Å². The van der Waals surface area contributed by atoms with Gasteiger partial charge in [0.05, 0.1) is 7.11 Å². The van der Waals surface area contributed by atoms with Gasteiger partial charge in [0, 0.05) is 37.7 Å². The standard InChI is InChI=1S/C19H21ClN6O4S/c1-29-15-14-16(23-11-22-15)31-19(26(14)17(21)27)30-18(28)25-7-5-24(6-8-25)10-12-3-2-4-13(20)9-12/h2-4,9,11,19H,5-8,10H2,1H3,(H2,21,27). The van der Waals surface area contributed by atoms with Gasteiger partial charge in [-0.05, 0) is 29.5 Å². The third-order valence-electron chi connectivity index (χ3n) is 4.98. The SMILES string of the molecule is COc1ncnc2c1N(C(N)=O)C(OC(=O)N1CCN(Cc3cccc(Cl)c3)CC1)S2. The van der Waals surface area contributed by atoms with E-state index < -0.39 is 17.7 Å². The van der Waals surface area contributed by atoms with E-state index in [9.17, 15) is 9.59 Å². The highest BCUT2D eigenvalue weighted by Gasteiger charge is 2.41. The molecule has 1 aromatic heterocycles. The van der Waals surface area contributed by atoms with Crippen molar-refractivity contribution in [2.75, 3.05) is 38.2 Å². The van der Waals surface area contributed by atoms with Gasteiger partial charge < -0.3 is 20.1 Å². The fraction of sp³-hybridized carbons (Fsp3) is 0.368. The van der Waals surface area contributed by atoms with Gasteiger partial charge >= 0.3 is 12.1 Å². The number of urea groups is 1. The number of thioether (sulfide) groups is 1. The summed E-state index contributed by atoms with van der Waals surface area (Å²) >= 11 is 7.15. The van der Waals surface area contributed by atoms with E-state index in [4.69, 9.17) is 26.8 Å². The van der Waals surface area contributed by atoms with Crippen molar-refractivity contribution < 1.29 is 19.1 Å². The van der Waals surface area contributed by atoms with Crippen LogP contribution in [-0.2, 0) is 11.3 Å².